The molecule has 1 aliphatic heterocycles. The lowest BCUT2D eigenvalue weighted by Crippen LogP contribution is -2.42. The van der Waals surface area contributed by atoms with Crippen molar-refractivity contribution in [3.8, 4) is 0 Å². The molecule has 0 radical (unpaired) electrons. The van der Waals surface area contributed by atoms with Gasteiger partial charge in [-0.15, -0.1) is 0 Å². The monoisotopic (exact) mass is 426 g/mol. The molecule has 0 atom stereocenters. The molecule has 0 N–H and O–H groups in total. The summed E-state index contributed by atoms with van der Waals surface area (Å²) in [6, 6.07) is 11.0. The van der Waals surface area contributed by atoms with Crippen molar-refractivity contribution in [3.05, 3.63) is 47.5 Å². The smallest absolute Gasteiger partial charge is 0.307 e. The van der Waals surface area contributed by atoms with Crippen LogP contribution in [0.5, 0.6) is 0 Å². The summed E-state index contributed by atoms with van der Waals surface area (Å²) in [5, 5.41) is 1.62. The number of nitrogens with zero attached hydrogens (tertiary/aromatic N) is 2. The molecule has 0 unspecified atom stereocenters. The van der Waals surface area contributed by atoms with Gasteiger partial charge in [-0.1, -0.05) is 24.3 Å². The molecule has 31 heavy (non-hydrogen) atoms. The summed E-state index contributed by atoms with van der Waals surface area (Å²) in [6.45, 7) is 7.64. The molecule has 0 spiro atoms. The fraction of sp³-hybridized carbons (Fsp3) is 0.458. The van der Waals surface area contributed by atoms with E-state index in [4.69, 9.17) is 9.47 Å². The van der Waals surface area contributed by atoms with Crippen LogP contribution in [-0.2, 0) is 14.3 Å². The van der Waals surface area contributed by atoms with Crippen molar-refractivity contribution in [2.24, 2.45) is 0 Å². The molecule has 7 heteroatoms. The van der Waals surface area contributed by atoms with Gasteiger partial charge in [0, 0.05) is 29.6 Å². The van der Waals surface area contributed by atoms with Crippen LogP contribution in [0.4, 0.5) is 0 Å². The molecular weight excluding hydrogens is 396 g/mol. The third-order valence-electron chi connectivity index (χ3n) is 5.05. The molecule has 0 fully saturated rings. The minimum absolute atomic E-state index is 0.198. The summed E-state index contributed by atoms with van der Waals surface area (Å²) < 4.78 is 10.9. The lowest BCUT2D eigenvalue weighted by Gasteiger charge is -2.27. The van der Waals surface area contributed by atoms with Gasteiger partial charge in [0.25, 0.3) is 11.8 Å². The van der Waals surface area contributed by atoms with Gasteiger partial charge in [-0.25, -0.2) is 0 Å². The highest BCUT2D eigenvalue weighted by Gasteiger charge is 2.32. The maximum Gasteiger partial charge on any atom is 0.307 e. The second-order valence-electron chi connectivity index (χ2n) is 8.72. The number of carbonyl (C=O) groups excluding carboxylic acids is 3. The van der Waals surface area contributed by atoms with Crippen molar-refractivity contribution in [1.29, 1.82) is 0 Å². The second kappa shape index (κ2) is 9.58. The van der Waals surface area contributed by atoms with Gasteiger partial charge >= 0.3 is 5.97 Å². The van der Waals surface area contributed by atoms with E-state index in [9.17, 15) is 14.4 Å². The van der Waals surface area contributed by atoms with E-state index in [0.29, 0.717) is 37.2 Å². The van der Waals surface area contributed by atoms with Crippen molar-refractivity contribution in [1.82, 2.24) is 9.80 Å². The Balaban J connectivity index is 1.44. The standard InChI is InChI=1S/C24H30N2O5/c1-24(2,3)31-20(27)11-12-25(4)13-15-30-16-14-26-22(28)18-9-5-7-17-8-6-10-19(21(17)18)23(26)29/h5-10H,11-16H2,1-4H3. The van der Waals surface area contributed by atoms with Gasteiger partial charge in [-0.3, -0.25) is 19.3 Å². The minimum Gasteiger partial charge on any atom is -0.460 e. The predicted octanol–water partition coefficient (Wildman–Crippen LogP) is 3.12. The molecule has 0 aromatic heterocycles. The van der Waals surface area contributed by atoms with Crippen LogP contribution in [0.25, 0.3) is 10.8 Å². The molecule has 2 aromatic carbocycles. The Kier molecular flexibility index (Phi) is 7.08. The van der Waals surface area contributed by atoms with Gasteiger partial charge < -0.3 is 14.4 Å². The topological polar surface area (TPSA) is 76.2 Å². The number of hydrogen-bond donors (Lipinski definition) is 0. The van der Waals surface area contributed by atoms with E-state index in [2.05, 4.69) is 0 Å². The first kappa shape index (κ1) is 22.9. The van der Waals surface area contributed by atoms with E-state index in [-0.39, 0.29) is 30.9 Å². The lowest BCUT2D eigenvalue weighted by atomic mass is 9.94. The van der Waals surface area contributed by atoms with Crippen LogP contribution < -0.4 is 0 Å². The molecule has 2 aromatic rings. The van der Waals surface area contributed by atoms with Gasteiger partial charge in [0.15, 0.2) is 0 Å². The predicted molar refractivity (Wildman–Crippen MR) is 118 cm³/mol. The van der Waals surface area contributed by atoms with E-state index >= 15 is 0 Å². The lowest BCUT2D eigenvalue weighted by molar-refractivity contribution is -0.155. The first-order chi connectivity index (χ1) is 14.7. The highest BCUT2D eigenvalue weighted by Crippen LogP contribution is 2.29. The second-order valence-corrected chi connectivity index (χ2v) is 8.72. The van der Waals surface area contributed by atoms with Crippen molar-refractivity contribution in [2.45, 2.75) is 32.8 Å². The zero-order valence-corrected chi connectivity index (χ0v) is 18.6. The van der Waals surface area contributed by atoms with Crippen LogP contribution in [0.1, 0.15) is 47.9 Å². The number of amides is 2. The molecule has 0 bridgehead atoms. The van der Waals surface area contributed by atoms with Gasteiger partial charge in [-0.05, 0) is 45.3 Å². The fourth-order valence-corrected chi connectivity index (χ4v) is 3.55. The summed E-state index contributed by atoms with van der Waals surface area (Å²) >= 11 is 0. The number of hydrogen-bond acceptors (Lipinski definition) is 6. The Morgan fingerprint density at radius 3 is 2.16 bits per heavy atom. The van der Waals surface area contributed by atoms with E-state index in [1.807, 2.05) is 57.0 Å². The Labute approximate surface area is 182 Å². The van der Waals surface area contributed by atoms with Gasteiger partial charge in [0.2, 0.25) is 0 Å². The third-order valence-corrected chi connectivity index (χ3v) is 5.05. The number of rotatable bonds is 9. The van der Waals surface area contributed by atoms with Crippen LogP contribution in [0.15, 0.2) is 36.4 Å². The molecule has 2 amide bonds. The van der Waals surface area contributed by atoms with Gasteiger partial charge in [0.05, 0.1) is 26.2 Å². The van der Waals surface area contributed by atoms with E-state index in [1.54, 1.807) is 12.1 Å². The molecule has 0 saturated heterocycles. The zero-order valence-electron chi connectivity index (χ0n) is 18.6. The normalized spacial score (nSPS) is 13.9. The molecule has 0 saturated carbocycles. The average molecular weight is 427 g/mol. The minimum atomic E-state index is -0.478. The Hall–Kier alpha value is -2.77. The number of benzene rings is 2. The number of ether oxygens (including phenoxy) is 2. The van der Waals surface area contributed by atoms with Crippen LogP contribution in [0, 0.1) is 0 Å². The largest absolute Gasteiger partial charge is 0.460 e. The number of carbonyl (C=O) groups is 3. The highest BCUT2D eigenvalue weighted by molar-refractivity contribution is 6.25. The molecule has 1 heterocycles. The van der Waals surface area contributed by atoms with E-state index in [0.717, 1.165) is 10.8 Å². The fourth-order valence-electron chi connectivity index (χ4n) is 3.55. The maximum atomic E-state index is 12.8. The van der Waals surface area contributed by atoms with Crippen LogP contribution in [0.3, 0.4) is 0 Å². The van der Waals surface area contributed by atoms with Gasteiger partial charge in [-0.2, -0.15) is 0 Å². The van der Waals surface area contributed by atoms with E-state index in [1.165, 1.54) is 4.90 Å². The van der Waals surface area contributed by atoms with Crippen molar-refractivity contribution < 1.29 is 23.9 Å². The van der Waals surface area contributed by atoms with Crippen molar-refractivity contribution in [3.63, 3.8) is 0 Å². The van der Waals surface area contributed by atoms with Gasteiger partial charge in [0.1, 0.15) is 5.60 Å². The molecule has 7 nitrogen and oxygen atoms in total. The number of likely N-dealkylation sites (N-methyl/N-ethyl adjacent to an activating group) is 1. The summed E-state index contributed by atoms with van der Waals surface area (Å²) in [5.41, 5.74) is 0.623. The molecular formula is C24H30N2O5. The molecule has 3 rings (SSSR count). The number of esters is 1. The summed E-state index contributed by atoms with van der Waals surface area (Å²) in [7, 11) is 1.91. The molecule has 166 valence electrons. The first-order valence-corrected chi connectivity index (χ1v) is 10.5. The Bertz CT molecular complexity index is 929. The van der Waals surface area contributed by atoms with E-state index < -0.39 is 5.60 Å². The third kappa shape index (κ3) is 5.68. The summed E-state index contributed by atoms with van der Waals surface area (Å²) in [6.07, 6.45) is 0.315. The highest BCUT2D eigenvalue weighted by atomic mass is 16.6. The quantitative estimate of drug-likeness (QED) is 0.348. The van der Waals surface area contributed by atoms with Crippen LogP contribution in [0.2, 0.25) is 0 Å². The Morgan fingerprint density at radius 1 is 0.968 bits per heavy atom. The maximum absolute atomic E-state index is 12.8. The average Bonchev–Trinajstić information content (AvgIpc) is 2.71. The van der Waals surface area contributed by atoms with Crippen molar-refractivity contribution >= 4 is 28.6 Å². The first-order valence-electron chi connectivity index (χ1n) is 10.5. The summed E-state index contributed by atoms with van der Waals surface area (Å²) in [5.74, 6) is -0.794. The van der Waals surface area contributed by atoms with Crippen LogP contribution >= 0.6 is 0 Å². The molecule has 1 aliphatic rings. The number of imide groups is 1. The summed E-state index contributed by atoms with van der Waals surface area (Å²) in [4.78, 5) is 40.7. The van der Waals surface area contributed by atoms with Crippen LogP contribution in [-0.4, -0.2) is 73.1 Å². The van der Waals surface area contributed by atoms with Crippen molar-refractivity contribution in [2.75, 3.05) is 39.9 Å². The zero-order chi connectivity index (χ0) is 22.6. The SMILES string of the molecule is CN(CCOCCN1C(=O)c2cccc3cccc(c23)C1=O)CCC(=O)OC(C)(C)C. The Morgan fingerprint density at radius 2 is 1.58 bits per heavy atom. The molecule has 0 aliphatic carbocycles.